The van der Waals surface area contributed by atoms with E-state index in [-0.39, 0.29) is 22.9 Å². The molecule has 0 radical (unpaired) electrons. The van der Waals surface area contributed by atoms with Crippen molar-refractivity contribution in [1.29, 1.82) is 0 Å². The van der Waals surface area contributed by atoms with Crippen LogP contribution in [-0.2, 0) is 11.0 Å². The van der Waals surface area contributed by atoms with Crippen molar-refractivity contribution in [3.63, 3.8) is 0 Å². The van der Waals surface area contributed by atoms with Crippen LogP contribution in [0.15, 0.2) is 91.1 Å². The SMILES string of the molecule is CC(C)(C)[Si](OCc1cnc(C(O)c2cc(F)ccc2F)c(F)c1)(c1ccccc1)c1ccccc1. The summed E-state index contributed by atoms with van der Waals surface area (Å²) < 4.78 is 49.5. The minimum absolute atomic E-state index is 0.0852. The van der Waals surface area contributed by atoms with Crippen molar-refractivity contribution in [2.45, 2.75) is 38.5 Å². The number of hydrogen-bond donors (Lipinski definition) is 1. The molecule has 1 atom stereocenters. The summed E-state index contributed by atoms with van der Waals surface area (Å²) >= 11 is 0. The molecule has 3 nitrogen and oxygen atoms in total. The molecular formula is C29H28F3NO2Si. The van der Waals surface area contributed by atoms with Crippen LogP contribution in [0.25, 0.3) is 0 Å². The van der Waals surface area contributed by atoms with Crippen LogP contribution in [0, 0.1) is 17.5 Å². The van der Waals surface area contributed by atoms with E-state index >= 15 is 4.39 Å². The molecule has 0 bridgehead atoms. The van der Waals surface area contributed by atoms with E-state index in [1.165, 1.54) is 12.3 Å². The molecule has 36 heavy (non-hydrogen) atoms. The third-order valence-electron chi connectivity index (χ3n) is 6.31. The molecule has 0 aliphatic carbocycles. The summed E-state index contributed by atoms with van der Waals surface area (Å²) in [6, 6.07) is 24.0. The first-order valence-electron chi connectivity index (χ1n) is 11.7. The van der Waals surface area contributed by atoms with Crippen molar-refractivity contribution in [3.8, 4) is 0 Å². The molecule has 4 rings (SSSR count). The van der Waals surface area contributed by atoms with Gasteiger partial charge >= 0.3 is 0 Å². The standard InChI is InChI=1S/C29H28F3NO2Si/c1-29(2,3)36(22-10-6-4-7-11-22,23-12-8-5-9-13-23)35-19-20-16-26(32)27(33-18-20)28(34)24-17-21(30)14-15-25(24)31/h4-18,28,34H,19H2,1-3H3. The van der Waals surface area contributed by atoms with Gasteiger partial charge in [0.1, 0.15) is 29.2 Å². The summed E-state index contributed by atoms with van der Waals surface area (Å²) in [6.07, 6.45) is -0.344. The molecule has 0 amide bonds. The van der Waals surface area contributed by atoms with E-state index in [4.69, 9.17) is 4.43 Å². The van der Waals surface area contributed by atoms with Crippen LogP contribution in [0.2, 0.25) is 5.04 Å². The monoisotopic (exact) mass is 507 g/mol. The highest BCUT2D eigenvalue weighted by atomic mass is 28.4. The number of hydrogen-bond acceptors (Lipinski definition) is 3. The fourth-order valence-corrected chi connectivity index (χ4v) is 9.13. The maximum absolute atomic E-state index is 15.0. The number of aromatic nitrogens is 1. The van der Waals surface area contributed by atoms with Crippen molar-refractivity contribution in [1.82, 2.24) is 4.98 Å². The van der Waals surface area contributed by atoms with Gasteiger partial charge in [0.2, 0.25) is 0 Å². The maximum Gasteiger partial charge on any atom is 0.261 e. The molecule has 1 unspecified atom stereocenters. The van der Waals surface area contributed by atoms with Crippen LogP contribution in [0.5, 0.6) is 0 Å². The van der Waals surface area contributed by atoms with Gasteiger partial charge in [-0.3, -0.25) is 4.98 Å². The Labute approximate surface area is 210 Å². The summed E-state index contributed by atoms with van der Waals surface area (Å²) in [5, 5.41) is 12.4. The summed E-state index contributed by atoms with van der Waals surface area (Å²) in [6.45, 7) is 6.52. The zero-order chi connectivity index (χ0) is 25.9. The molecular weight excluding hydrogens is 479 g/mol. The molecule has 1 N–H and O–H groups in total. The van der Waals surface area contributed by atoms with E-state index < -0.39 is 31.9 Å². The Kier molecular flexibility index (Phi) is 7.45. The predicted molar refractivity (Wildman–Crippen MR) is 137 cm³/mol. The van der Waals surface area contributed by atoms with Crippen molar-refractivity contribution in [2.24, 2.45) is 0 Å². The second-order valence-electron chi connectivity index (χ2n) is 9.73. The van der Waals surface area contributed by atoms with Gasteiger partial charge in [0, 0.05) is 11.8 Å². The van der Waals surface area contributed by atoms with Gasteiger partial charge in [0.15, 0.2) is 0 Å². The first kappa shape index (κ1) is 25.8. The summed E-state index contributed by atoms with van der Waals surface area (Å²) in [7, 11) is -2.84. The van der Waals surface area contributed by atoms with E-state index in [1.54, 1.807) is 0 Å². The Morgan fingerprint density at radius 3 is 1.94 bits per heavy atom. The molecule has 4 aromatic rings. The number of aliphatic hydroxyl groups excluding tert-OH is 1. The largest absolute Gasteiger partial charge is 0.403 e. The van der Waals surface area contributed by atoms with Crippen molar-refractivity contribution in [3.05, 3.63) is 125 Å². The lowest BCUT2D eigenvalue weighted by Gasteiger charge is -2.43. The lowest BCUT2D eigenvalue weighted by molar-refractivity contribution is 0.203. The summed E-state index contributed by atoms with van der Waals surface area (Å²) in [4.78, 5) is 4.05. The van der Waals surface area contributed by atoms with Gasteiger partial charge in [-0.1, -0.05) is 81.4 Å². The Morgan fingerprint density at radius 1 is 0.833 bits per heavy atom. The van der Waals surface area contributed by atoms with Gasteiger partial charge in [-0.05, 0) is 45.2 Å². The van der Waals surface area contributed by atoms with Crippen molar-refractivity contribution < 1.29 is 22.7 Å². The molecule has 3 aromatic carbocycles. The number of benzene rings is 3. The van der Waals surface area contributed by atoms with E-state index in [2.05, 4.69) is 50.0 Å². The Bertz CT molecular complexity index is 1290. The number of rotatable bonds is 7. The third kappa shape index (κ3) is 5.00. The fraction of sp³-hybridized carbons (Fsp3) is 0.207. The normalized spacial score (nSPS) is 13.0. The average molecular weight is 508 g/mol. The molecule has 0 aliphatic heterocycles. The molecule has 0 saturated heterocycles. The minimum atomic E-state index is -2.84. The number of pyridine rings is 1. The van der Waals surface area contributed by atoms with Gasteiger partial charge in [0.25, 0.3) is 8.32 Å². The molecule has 1 heterocycles. The molecule has 1 aromatic heterocycles. The van der Waals surface area contributed by atoms with Crippen LogP contribution in [0.1, 0.15) is 43.7 Å². The van der Waals surface area contributed by atoms with E-state index in [0.717, 1.165) is 28.6 Å². The number of halogens is 3. The van der Waals surface area contributed by atoms with Gasteiger partial charge in [-0.2, -0.15) is 0 Å². The van der Waals surface area contributed by atoms with E-state index in [0.29, 0.717) is 5.56 Å². The predicted octanol–water partition coefficient (Wildman–Crippen LogP) is 5.66. The first-order valence-corrected chi connectivity index (χ1v) is 13.6. The van der Waals surface area contributed by atoms with Crippen LogP contribution in [-0.4, -0.2) is 18.4 Å². The van der Waals surface area contributed by atoms with Crippen molar-refractivity contribution >= 4 is 18.7 Å². The minimum Gasteiger partial charge on any atom is -0.403 e. The fourth-order valence-electron chi connectivity index (χ4n) is 4.59. The zero-order valence-corrected chi connectivity index (χ0v) is 21.4. The molecule has 7 heteroatoms. The second-order valence-corrected chi connectivity index (χ2v) is 14.0. The molecule has 0 fully saturated rings. The van der Waals surface area contributed by atoms with Gasteiger partial charge in [-0.15, -0.1) is 0 Å². The van der Waals surface area contributed by atoms with Gasteiger partial charge in [-0.25, -0.2) is 13.2 Å². The lowest BCUT2D eigenvalue weighted by atomic mass is 10.0. The Hall–Kier alpha value is -3.26. The zero-order valence-electron chi connectivity index (χ0n) is 20.4. The molecule has 0 aliphatic rings. The molecule has 0 spiro atoms. The number of aliphatic hydroxyl groups is 1. The van der Waals surface area contributed by atoms with Gasteiger partial charge < -0.3 is 9.53 Å². The van der Waals surface area contributed by atoms with Crippen LogP contribution >= 0.6 is 0 Å². The first-order chi connectivity index (χ1) is 17.1. The second kappa shape index (κ2) is 10.4. The van der Waals surface area contributed by atoms with E-state index in [1.807, 2.05) is 36.4 Å². The van der Waals surface area contributed by atoms with E-state index in [9.17, 15) is 13.9 Å². The van der Waals surface area contributed by atoms with Crippen molar-refractivity contribution in [2.75, 3.05) is 0 Å². The molecule has 186 valence electrons. The lowest BCUT2D eigenvalue weighted by Crippen LogP contribution is -2.66. The van der Waals surface area contributed by atoms with Crippen LogP contribution in [0.4, 0.5) is 13.2 Å². The average Bonchev–Trinajstić information content (AvgIpc) is 2.86. The Morgan fingerprint density at radius 2 is 1.42 bits per heavy atom. The molecule has 0 saturated carbocycles. The third-order valence-corrected chi connectivity index (χ3v) is 11.3. The smallest absolute Gasteiger partial charge is 0.261 e. The summed E-state index contributed by atoms with van der Waals surface area (Å²) in [5.74, 6) is -2.40. The summed E-state index contributed by atoms with van der Waals surface area (Å²) in [5.41, 5.74) is -0.289. The number of nitrogens with zero attached hydrogens (tertiary/aromatic N) is 1. The van der Waals surface area contributed by atoms with Crippen LogP contribution < -0.4 is 10.4 Å². The highest BCUT2D eigenvalue weighted by Gasteiger charge is 2.50. The van der Waals surface area contributed by atoms with Gasteiger partial charge in [0.05, 0.1) is 6.61 Å². The highest BCUT2D eigenvalue weighted by Crippen LogP contribution is 2.37. The topological polar surface area (TPSA) is 42.4 Å². The quantitative estimate of drug-likeness (QED) is 0.329. The van der Waals surface area contributed by atoms with Crippen LogP contribution in [0.3, 0.4) is 0 Å². The highest BCUT2D eigenvalue weighted by molar-refractivity contribution is 6.99. The maximum atomic E-state index is 15.0. The Balaban J connectivity index is 1.68.